The summed E-state index contributed by atoms with van der Waals surface area (Å²) in [5.74, 6) is -1.37. The number of hydrogen-bond donors (Lipinski definition) is 0. The molecule has 0 radical (unpaired) electrons. The lowest BCUT2D eigenvalue weighted by Gasteiger charge is -2.00. The number of ketones is 1. The van der Waals surface area contributed by atoms with Gasteiger partial charge in [-0.05, 0) is 13.0 Å². The van der Waals surface area contributed by atoms with Gasteiger partial charge in [-0.1, -0.05) is 18.2 Å². The second kappa shape index (κ2) is 5.48. The summed E-state index contributed by atoms with van der Waals surface area (Å²) in [7, 11) is 0. The number of ether oxygens (including phenoxy) is 2. The number of benzene rings is 1. The quantitative estimate of drug-likeness (QED) is 0.468. The third-order valence-corrected chi connectivity index (χ3v) is 2.53. The predicted octanol–water partition coefficient (Wildman–Crippen LogP) is 1.72. The molecule has 0 fully saturated rings. The Hall–Kier alpha value is -2.43. The maximum atomic E-state index is 11.6. The highest BCUT2D eigenvalue weighted by atomic mass is 16.5. The van der Waals surface area contributed by atoms with Gasteiger partial charge in [0.2, 0.25) is 0 Å². The van der Waals surface area contributed by atoms with Gasteiger partial charge in [-0.25, -0.2) is 4.79 Å². The number of esters is 2. The molecule has 1 heterocycles. The number of hydrogen-bond acceptors (Lipinski definition) is 5. The highest BCUT2D eigenvalue weighted by Gasteiger charge is 2.26. The van der Waals surface area contributed by atoms with Crippen molar-refractivity contribution in [3.8, 4) is 0 Å². The van der Waals surface area contributed by atoms with Gasteiger partial charge >= 0.3 is 11.9 Å². The Morgan fingerprint density at radius 1 is 1.26 bits per heavy atom. The Morgan fingerprint density at radius 2 is 1.95 bits per heavy atom. The molecule has 98 valence electrons. The Labute approximate surface area is 109 Å². The number of cyclic esters (lactones) is 1. The first-order chi connectivity index (χ1) is 9.11. The van der Waals surface area contributed by atoms with Crippen molar-refractivity contribution in [2.75, 3.05) is 6.61 Å². The summed E-state index contributed by atoms with van der Waals surface area (Å²) in [5.41, 5.74) is 0.974. The number of rotatable bonds is 4. The topological polar surface area (TPSA) is 69.7 Å². The van der Waals surface area contributed by atoms with Gasteiger partial charge in [0, 0.05) is 11.6 Å². The van der Waals surface area contributed by atoms with Crippen LogP contribution in [0, 0.1) is 0 Å². The molecule has 0 unspecified atom stereocenters. The van der Waals surface area contributed by atoms with Gasteiger partial charge in [-0.2, -0.15) is 0 Å². The van der Waals surface area contributed by atoms with E-state index < -0.39 is 17.7 Å². The minimum absolute atomic E-state index is 0.176. The Morgan fingerprint density at radius 3 is 2.63 bits per heavy atom. The second-order valence-electron chi connectivity index (χ2n) is 3.89. The van der Waals surface area contributed by atoms with Crippen molar-refractivity contribution in [1.29, 1.82) is 0 Å². The molecule has 2 rings (SSSR count). The largest absolute Gasteiger partial charge is 0.466 e. The van der Waals surface area contributed by atoms with Crippen LogP contribution >= 0.6 is 0 Å². The molecule has 1 aromatic rings. The summed E-state index contributed by atoms with van der Waals surface area (Å²) < 4.78 is 9.66. The highest BCUT2D eigenvalue weighted by molar-refractivity contribution is 6.10. The summed E-state index contributed by atoms with van der Waals surface area (Å²) in [4.78, 5) is 34.3. The molecule has 0 aromatic heterocycles. The monoisotopic (exact) mass is 260 g/mol. The number of carbonyl (C=O) groups is 3. The Bertz CT molecular complexity index is 571. The third kappa shape index (κ3) is 2.88. The van der Waals surface area contributed by atoms with Gasteiger partial charge in [0.1, 0.15) is 12.2 Å². The first kappa shape index (κ1) is 13.0. The molecule has 5 nitrogen and oxygen atoms in total. The lowest BCUT2D eigenvalue weighted by atomic mass is 10.1. The molecule has 0 N–H and O–H groups in total. The van der Waals surface area contributed by atoms with Crippen molar-refractivity contribution in [1.82, 2.24) is 0 Å². The fraction of sp³-hybridized carbons (Fsp3) is 0.214. The Kier molecular flexibility index (Phi) is 3.75. The summed E-state index contributed by atoms with van der Waals surface area (Å²) in [6, 6.07) is 6.76. The van der Waals surface area contributed by atoms with E-state index in [1.54, 1.807) is 31.2 Å². The standard InChI is InChI=1S/C14H12O5/c1-2-18-13(16)8-9(15)7-12-10-5-3-4-6-11(10)14(17)19-12/h3-7H,2,8H2,1H3/b12-7-. The minimum atomic E-state index is -0.595. The van der Waals surface area contributed by atoms with Gasteiger partial charge < -0.3 is 9.47 Å². The molecule has 1 aliphatic rings. The fourth-order valence-electron chi connectivity index (χ4n) is 1.74. The second-order valence-corrected chi connectivity index (χ2v) is 3.89. The molecule has 0 spiro atoms. The van der Waals surface area contributed by atoms with Crippen LogP contribution in [0.25, 0.3) is 5.76 Å². The van der Waals surface area contributed by atoms with Crippen LogP contribution in [-0.2, 0) is 19.1 Å². The molecule has 19 heavy (non-hydrogen) atoms. The lowest BCUT2D eigenvalue weighted by molar-refractivity contribution is -0.144. The first-order valence-corrected chi connectivity index (χ1v) is 5.83. The van der Waals surface area contributed by atoms with Crippen molar-refractivity contribution in [2.24, 2.45) is 0 Å². The zero-order chi connectivity index (χ0) is 13.8. The molecule has 1 aromatic carbocycles. The zero-order valence-corrected chi connectivity index (χ0v) is 10.3. The number of fused-ring (bicyclic) bond motifs is 1. The average molecular weight is 260 g/mol. The van der Waals surface area contributed by atoms with Gasteiger partial charge in [0.25, 0.3) is 0 Å². The number of carbonyl (C=O) groups excluding carboxylic acids is 3. The highest BCUT2D eigenvalue weighted by Crippen LogP contribution is 2.29. The molecule has 1 aliphatic heterocycles. The maximum Gasteiger partial charge on any atom is 0.344 e. The molecule has 0 amide bonds. The summed E-state index contributed by atoms with van der Waals surface area (Å²) in [5, 5.41) is 0. The molecule has 0 bridgehead atoms. The van der Waals surface area contributed by atoms with Crippen LogP contribution in [-0.4, -0.2) is 24.3 Å². The molecular formula is C14H12O5. The SMILES string of the molecule is CCOC(=O)CC(=O)/C=C1\OC(=O)c2ccccc21. The van der Waals surface area contributed by atoms with Gasteiger partial charge in [-0.3, -0.25) is 9.59 Å². The van der Waals surface area contributed by atoms with E-state index in [1.807, 2.05) is 0 Å². The normalized spacial score (nSPS) is 15.0. The van der Waals surface area contributed by atoms with E-state index in [2.05, 4.69) is 4.74 Å². The molecule has 0 saturated heterocycles. The van der Waals surface area contributed by atoms with E-state index in [0.717, 1.165) is 6.08 Å². The van der Waals surface area contributed by atoms with E-state index in [4.69, 9.17) is 4.74 Å². The van der Waals surface area contributed by atoms with Crippen LogP contribution in [0.4, 0.5) is 0 Å². The number of allylic oxidation sites excluding steroid dienone is 1. The van der Waals surface area contributed by atoms with Crippen LogP contribution in [0.1, 0.15) is 29.3 Å². The molecule has 0 atom stereocenters. The van der Waals surface area contributed by atoms with Crippen molar-refractivity contribution in [2.45, 2.75) is 13.3 Å². The maximum absolute atomic E-state index is 11.6. The van der Waals surface area contributed by atoms with Crippen LogP contribution in [0.3, 0.4) is 0 Å². The van der Waals surface area contributed by atoms with Gasteiger partial charge in [-0.15, -0.1) is 0 Å². The van der Waals surface area contributed by atoms with Crippen LogP contribution in [0.5, 0.6) is 0 Å². The zero-order valence-electron chi connectivity index (χ0n) is 10.3. The van der Waals surface area contributed by atoms with E-state index in [1.165, 1.54) is 0 Å². The minimum Gasteiger partial charge on any atom is -0.466 e. The van der Waals surface area contributed by atoms with Gasteiger partial charge in [0.15, 0.2) is 5.78 Å². The van der Waals surface area contributed by atoms with Crippen molar-refractivity contribution in [3.05, 3.63) is 41.5 Å². The average Bonchev–Trinajstić information content (AvgIpc) is 2.67. The van der Waals surface area contributed by atoms with Crippen LogP contribution in [0.2, 0.25) is 0 Å². The predicted molar refractivity (Wildman–Crippen MR) is 66.1 cm³/mol. The first-order valence-electron chi connectivity index (χ1n) is 5.83. The summed E-state index contributed by atoms with van der Waals surface area (Å²) >= 11 is 0. The van der Waals surface area contributed by atoms with Crippen LogP contribution < -0.4 is 0 Å². The smallest absolute Gasteiger partial charge is 0.344 e. The van der Waals surface area contributed by atoms with E-state index in [9.17, 15) is 14.4 Å². The molecule has 0 aliphatic carbocycles. The Balaban J connectivity index is 2.15. The van der Waals surface area contributed by atoms with Gasteiger partial charge in [0.05, 0.1) is 12.2 Å². The third-order valence-electron chi connectivity index (χ3n) is 2.53. The van der Waals surface area contributed by atoms with E-state index >= 15 is 0 Å². The van der Waals surface area contributed by atoms with E-state index in [0.29, 0.717) is 11.1 Å². The summed E-state index contributed by atoms with van der Waals surface area (Å²) in [6.07, 6.45) is 0.789. The lowest BCUT2D eigenvalue weighted by Crippen LogP contribution is -2.09. The molecular weight excluding hydrogens is 248 g/mol. The van der Waals surface area contributed by atoms with Crippen LogP contribution in [0.15, 0.2) is 30.3 Å². The summed E-state index contributed by atoms with van der Waals surface area (Å²) in [6.45, 7) is 1.89. The fourth-order valence-corrected chi connectivity index (χ4v) is 1.74. The van der Waals surface area contributed by atoms with Crippen molar-refractivity contribution in [3.63, 3.8) is 0 Å². The molecule has 5 heteroatoms. The van der Waals surface area contributed by atoms with E-state index in [-0.39, 0.29) is 18.8 Å². The van der Waals surface area contributed by atoms with Crippen molar-refractivity contribution >= 4 is 23.5 Å². The van der Waals surface area contributed by atoms with Crippen molar-refractivity contribution < 1.29 is 23.9 Å². The molecule has 0 saturated carbocycles.